The van der Waals surface area contributed by atoms with Crippen molar-refractivity contribution >= 4 is 6.08 Å². The van der Waals surface area contributed by atoms with Crippen molar-refractivity contribution in [3.63, 3.8) is 0 Å². The Morgan fingerprint density at radius 2 is 1.94 bits per heavy atom. The third-order valence-corrected chi connectivity index (χ3v) is 3.16. The second-order valence-corrected chi connectivity index (χ2v) is 4.68. The highest BCUT2D eigenvalue weighted by molar-refractivity contribution is 5.54. The molecular weight excluding hydrogens is 192 g/mol. The lowest BCUT2D eigenvalue weighted by Crippen LogP contribution is -1.93. The maximum atomic E-state index is 2.38. The fourth-order valence-corrected chi connectivity index (χ4v) is 2.06. The van der Waals surface area contributed by atoms with Gasteiger partial charge in [0.25, 0.3) is 0 Å². The SMILES string of the molecule is CCCC(C=Cc1ccc(C)cc1C)CC. The molecule has 0 fully saturated rings. The van der Waals surface area contributed by atoms with Gasteiger partial charge in [-0.3, -0.25) is 0 Å². The quantitative estimate of drug-likeness (QED) is 0.639. The van der Waals surface area contributed by atoms with Crippen molar-refractivity contribution in [2.45, 2.75) is 47.0 Å². The summed E-state index contributed by atoms with van der Waals surface area (Å²) in [5, 5.41) is 0. The van der Waals surface area contributed by atoms with Gasteiger partial charge in [0.15, 0.2) is 0 Å². The average Bonchev–Trinajstić information content (AvgIpc) is 2.26. The fourth-order valence-electron chi connectivity index (χ4n) is 2.06. The van der Waals surface area contributed by atoms with Crippen LogP contribution >= 0.6 is 0 Å². The van der Waals surface area contributed by atoms with E-state index in [0.717, 1.165) is 5.92 Å². The molecule has 16 heavy (non-hydrogen) atoms. The molecule has 0 heteroatoms. The van der Waals surface area contributed by atoms with Gasteiger partial charge >= 0.3 is 0 Å². The number of aryl methyl sites for hydroxylation is 2. The Hall–Kier alpha value is -1.04. The van der Waals surface area contributed by atoms with E-state index in [1.54, 1.807) is 0 Å². The Labute approximate surface area is 100 Å². The van der Waals surface area contributed by atoms with Crippen LogP contribution in [0.5, 0.6) is 0 Å². The van der Waals surface area contributed by atoms with Crippen molar-refractivity contribution in [2.75, 3.05) is 0 Å². The molecule has 0 N–H and O–H groups in total. The summed E-state index contributed by atoms with van der Waals surface area (Å²) >= 11 is 0. The second kappa shape index (κ2) is 6.52. The lowest BCUT2D eigenvalue weighted by atomic mass is 9.98. The minimum atomic E-state index is 0.741. The third-order valence-electron chi connectivity index (χ3n) is 3.16. The minimum Gasteiger partial charge on any atom is -0.0808 e. The number of allylic oxidation sites excluding steroid dienone is 1. The van der Waals surface area contributed by atoms with Crippen LogP contribution in [0.1, 0.15) is 49.8 Å². The number of rotatable bonds is 5. The van der Waals surface area contributed by atoms with E-state index in [1.807, 2.05) is 0 Å². The van der Waals surface area contributed by atoms with Gasteiger partial charge in [-0.2, -0.15) is 0 Å². The maximum Gasteiger partial charge on any atom is -0.0230 e. The molecule has 1 rings (SSSR count). The van der Waals surface area contributed by atoms with Crippen LogP contribution in [0.15, 0.2) is 24.3 Å². The number of hydrogen-bond acceptors (Lipinski definition) is 0. The van der Waals surface area contributed by atoms with E-state index in [-0.39, 0.29) is 0 Å². The Bertz CT molecular complexity index is 347. The van der Waals surface area contributed by atoms with Crippen molar-refractivity contribution in [1.82, 2.24) is 0 Å². The first kappa shape index (κ1) is 13.0. The molecule has 0 aromatic heterocycles. The second-order valence-electron chi connectivity index (χ2n) is 4.68. The van der Waals surface area contributed by atoms with E-state index in [2.05, 4.69) is 58.0 Å². The molecule has 0 amide bonds. The summed E-state index contributed by atoms with van der Waals surface area (Å²) in [5.74, 6) is 0.741. The average molecular weight is 216 g/mol. The van der Waals surface area contributed by atoms with Crippen molar-refractivity contribution < 1.29 is 0 Å². The largest absolute Gasteiger partial charge is 0.0808 e. The van der Waals surface area contributed by atoms with E-state index in [9.17, 15) is 0 Å². The molecule has 1 atom stereocenters. The normalized spacial score (nSPS) is 13.2. The molecule has 0 nitrogen and oxygen atoms in total. The minimum absolute atomic E-state index is 0.741. The Balaban J connectivity index is 2.74. The van der Waals surface area contributed by atoms with E-state index in [0.29, 0.717) is 0 Å². The molecular formula is C16H24. The van der Waals surface area contributed by atoms with Gasteiger partial charge in [0.2, 0.25) is 0 Å². The van der Waals surface area contributed by atoms with Crippen LogP contribution in [0.2, 0.25) is 0 Å². The van der Waals surface area contributed by atoms with Crippen LogP contribution in [0.25, 0.3) is 6.08 Å². The van der Waals surface area contributed by atoms with E-state index < -0.39 is 0 Å². The summed E-state index contributed by atoms with van der Waals surface area (Å²) in [6, 6.07) is 6.66. The van der Waals surface area contributed by atoms with Gasteiger partial charge in [-0.05, 0) is 43.7 Å². The molecule has 0 spiro atoms. The van der Waals surface area contributed by atoms with E-state index in [4.69, 9.17) is 0 Å². The van der Waals surface area contributed by atoms with Gasteiger partial charge in [-0.15, -0.1) is 0 Å². The molecule has 1 aromatic carbocycles. The number of benzene rings is 1. The van der Waals surface area contributed by atoms with Crippen molar-refractivity contribution in [2.24, 2.45) is 5.92 Å². The standard InChI is InChI=1S/C16H24/c1-5-7-15(6-2)9-11-16-10-8-13(3)12-14(16)4/h8-12,15H,5-7H2,1-4H3. The zero-order valence-corrected chi connectivity index (χ0v) is 11.1. The maximum absolute atomic E-state index is 2.38. The van der Waals surface area contributed by atoms with Gasteiger partial charge in [-0.1, -0.05) is 56.2 Å². The lowest BCUT2D eigenvalue weighted by molar-refractivity contribution is 0.565. The predicted molar refractivity (Wildman–Crippen MR) is 73.6 cm³/mol. The first-order chi connectivity index (χ1) is 7.67. The van der Waals surface area contributed by atoms with E-state index in [1.165, 1.54) is 36.0 Å². The van der Waals surface area contributed by atoms with Crippen molar-refractivity contribution in [3.05, 3.63) is 41.0 Å². The van der Waals surface area contributed by atoms with Gasteiger partial charge in [-0.25, -0.2) is 0 Å². The number of hydrogen-bond donors (Lipinski definition) is 0. The van der Waals surface area contributed by atoms with Crippen LogP contribution in [-0.4, -0.2) is 0 Å². The van der Waals surface area contributed by atoms with E-state index >= 15 is 0 Å². The van der Waals surface area contributed by atoms with Crippen LogP contribution in [0.4, 0.5) is 0 Å². The summed E-state index contributed by atoms with van der Waals surface area (Å²) in [7, 11) is 0. The highest BCUT2D eigenvalue weighted by Crippen LogP contribution is 2.17. The molecule has 0 saturated carbocycles. The lowest BCUT2D eigenvalue weighted by Gasteiger charge is -2.08. The van der Waals surface area contributed by atoms with Crippen LogP contribution in [-0.2, 0) is 0 Å². The van der Waals surface area contributed by atoms with Crippen LogP contribution < -0.4 is 0 Å². The topological polar surface area (TPSA) is 0 Å². The van der Waals surface area contributed by atoms with Crippen LogP contribution in [0.3, 0.4) is 0 Å². The summed E-state index contributed by atoms with van der Waals surface area (Å²) < 4.78 is 0. The summed E-state index contributed by atoms with van der Waals surface area (Å²) in [6.07, 6.45) is 8.49. The molecule has 0 bridgehead atoms. The molecule has 1 aromatic rings. The molecule has 1 unspecified atom stereocenters. The first-order valence-electron chi connectivity index (χ1n) is 6.42. The molecule has 0 aliphatic heterocycles. The van der Waals surface area contributed by atoms with Crippen molar-refractivity contribution in [1.29, 1.82) is 0 Å². The molecule has 0 heterocycles. The third kappa shape index (κ3) is 3.84. The summed E-state index contributed by atoms with van der Waals surface area (Å²) in [4.78, 5) is 0. The Kier molecular flexibility index (Phi) is 5.31. The fraction of sp³-hybridized carbons (Fsp3) is 0.500. The summed E-state index contributed by atoms with van der Waals surface area (Å²) in [6.45, 7) is 8.86. The highest BCUT2D eigenvalue weighted by atomic mass is 14.1. The highest BCUT2D eigenvalue weighted by Gasteiger charge is 2.00. The molecule has 0 radical (unpaired) electrons. The zero-order valence-electron chi connectivity index (χ0n) is 11.1. The zero-order chi connectivity index (χ0) is 12.0. The predicted octanol–water partition coefficient (Wildman–Crippen LogP) is 5.14. The molecule has 0 aliphatic carbocycles. The molecule has 0 aliphatic rings. The van der Waals surface area contributed by atoms with Gasteiger partial charge < -0.3 is 0 Å². The smallest absolute Gasteiger partial charge is 0.0230 e. The summed E-state index contributed by atoms with van der Waals surface area (Å²) in [5.41, 5.74) is 4.08. The van der Waals surface area contributed by atoms with Crippen LogP contribution in [0, 0.1) is 19.8 Å². The Morgan fingerprint density at radius 3 is 2.50 bits per heavy atom. The van der Waals surface area contributed by atoms with Crippen molar-refractivity contribution in [3.8, 4) is 0 Å². The molecule has 0 saturated heterocycles. The molecule has 88 valence electrons. The first-order valence-corrected chi connectivity index (χ1v) is 6.42. The Morgan fingerprint density at radius 1 is 1.19 bits per heavy atom. The van der Waals surface area contributed by atoms with Gasteiger partial charge in [0.05, 0.1) is 0 Å². The van der Waals surface area contributed by atoms with Gasteiger partial charge in [0, 0.05) is 0 Å². The monoisotopic (exact) mass is 216 g/mol. The van der Waals surface area contributed by atoms with Gasteiger partial charge in [0.1, 0.15) is 0 Å².